The van der Waals surface area contributed by atoms with Crippen molar-refractivity contribution >= 4 is 34.4 Å². The number of halogens is 1. The van der Waals surface area contributed by atoms with E-state index in [1.807, 2.05) is 10.9 Å². The average molecular weight is 457 g/mol. The van der Waals surface area contributed by atoms with Crippen LogP contribution in [0, 0.1) is 0 Å². The van der Waals surface area contributed by atoms with E-state index in [9.17, 15) is 4.79 Å². The molecule has 2 aromatic heterocycles. The van der Waals surface area contributed by atoms with E-state index in [2.05, 4.69) is 41.0 Å². The molecule has 1 N–H and O–H groups in total. The molecular weight excluding hydrogens is 428 g/mol. The standard InChI is InChI=1S/C23H29ClN6O2/c1-14(12-28-13-16(24)10-26-28)22-27-21-18-5-4-15(2)29(23(31)32-3)19(18)6-7-20(21)30(22)17-8-9-25-11-17/h6-7,10,13-15,17,25H,4-5,8-9,11-12H2,1-3H3/t14-,15-,17+/m0/s1. The van der Waals surface area contributed by atoms with Crippen LogP contribution >= 0.6 is 11.6 Å². The molecule has 0 saturated carbocycles. The van der Waals surface area contributed by atoms with Gasteiger partial charge in [0.25, 0.3) is 0 Å². The number of methoxy groups -OCH3 is 1. The van der Waals surface area contributed by atoms with E-state index in [1.165, 1.54) is 7.11 Å². The fourth-order valence-corrected chi connectivity index (χ4v) is 5.34. The molecule has 1 fully saturated rings. The van der Waals surface area contributed by atoms with Crippen LogP contribution in [0.2, 0.25) is 5.02 Å². The van der Waals surface area contributed by atoms with Crippen LogP contribution in [0.25, 0.3) is 11.0 Å². The predicted octanol–water partition coefficient (Wildman–Crippen LogP) is 4.13. The number of hydrogen-bond acceptors (Lipinski definition) is 5. The first-order valence-corrected chi connectivity index (χ1v) is 11.6. The Labute approximate surface area is 192 Å². The van der Waals surface area contributed by atoms with Crippen molar-refractivity contribution in [3.8, 4) is 0 Å². The largest absolute Gasteiger partial charge is 0.452 e. The summed E-state index contributed by atoms with van der Waals surface area (Å²) in [5.41, 5.74) is 4.18. The Morgan fingerprint density at radius 2 is 2.22 bits per heavy atom. The summed E-state index contributed by atoms with van der Waals surface area (Å²) in [7, 11) is 1.44. The van der Waals surface area contributed by atoms with Crippen molar-refractivity contribution in [2.24, 2.45) is 0 Å². The molecule has 1 saturated heterocycles. The number of nitrogens with one attached hydrogen (secondary N) is 1. The lowest BCUT2D eigenvalue weighted by atomic mass is 9.95. The third kappa shape index (κ3) is 3.55. The van der Waals surface area contributed by atoms with E-state index >= 15 is 0 Å². The minimum absolute atomic E-state index is 0.0940. The summed E-state index contributed by atoms with van der Waals surface area (Å²) in [6.07, 6.45) is 6.04. The SMILES string of the molecule is COC(=O)N1c2ccc3c(nc([C@@H](C)Cn4cc(Cl)cn4)n3[C@@H]3CCNC3)c2CC[C@@H]1C. The quantitative estimate of drug-likeness (QED) is 0.638. The lowest BCUT2D eigenvalue weighted by Gasteiger charge is -2.34. The molecule has 0 spiro atoms. The number of carbonyl (C=O) groups excluding carboxylic acids is 1. The van der Waals surface area contributed by atoms with E-state index in [0.717, 1.165) is 60.5 Å². The highest BCUT2D eigenvalue weighted by Crippen LogP contribution is 2.39. The van der Waals surface area contributed by atoms with E-state index in [1.54, 1.807) is 11.1 Å². The Balaban J connectivity index is 1.63. The van der Waals surface area contributed by atoms with Crippen molar-refractivity contribution < 1.29 is 9.53 Å². The molecule has 170 valence electrons. The van der Waals surface area contributed by atoms with Crippen LogP contribution in [0.1, 0.15) is 50.0 Å². The van der Waals surface area contributed by atoms with E-state index in [-0.39, 0.29) is 18.1 Å². The highest BCUT2D eigenvalue weighted by molar-refractivity contribution is 6.30. The van der Waals surface area contributed by atoms with Crippen LogP contribution in [-0.4, -0.2) is 51.7 Å². The minimum Gasteiger partial charge on any atom is -0.452 e. The maximum Gasteiger partial charge on any atom is 0.414 e. The fourth-order valence-electron chi connectivity index (χ4n) is 5.18. The highest BCUT2D eigenvalue weighted by atomic mass is 35.5. The molecule has 0 aliphatic carbocycles. The zero-order chi connectivity index (χ0) is 22.4. The third-order valence-electron chi connectivity index (χ3n) is 6.76. The Morgan fingerprint density at radius 3 is 2.91 bits per heavy atom. The lowest BCUT2D eigenvalue weighted by Crippen LogP contribution is -2.42. The molecule has 1 amide bonds. The second kappa shape index (κ2) is 8.41. The molecule has 8 nitrogen and oxygen atoms in total. The molecule has 9 heteroatoms. The van der Waals surface area contributed by atoms with Gasteiger partial charge >= 0.3 is 6.09 Å². The number of rotatable bonds is 4. The van der Waals surface area contributed by atoms with Gasteiger partial charge in [-0.25, -0.2) is 9.78 Å². The number of imidazole rings is 1. The Morgan fingerprint density at radius 1 is 1.38 bits per heavy atom. The zero-order valence-corrected chi connectivity index (χ0v) is 19.5. The molecule has 0 bridgehead atoms. The zero-order valence-electron chi connectivity index (χ0n) is 18.7. The molecule has 4 heterocycles. The van der Waals surface area contributed by atoms with Crippen molar-refractivity contribution in [2.75, 3.05) is 25.1 Å². The Bertz CT molecular complexity index is 1150. The summed E-state index contributed by atoms with van der Waals surface area (Å²) < 4.78 is 9.36. The predicted molar refractivity (Wildman–Crippen MR) is 125 cm³/mol. The maximum atomic E-state index is 12.5. The number of nitrogens with zero attached hydrogens (tertiary/aromatic N) is 5. The van der Waals surface area contributed by atoms with Crippen molar-refractivity contribution in [1.29, 1.82) is 0 Å². The smallest absolute Gasteiger partial charge is 0.414 e. The van der Waals surface area contributed by atoms with Gasteiger partial charge in [-0.3, -0.25) is 9.58 Å². The van der Waals surface area contributed by atoms with Crippen LogP contribution in [0.4, 0.5) is 10.5 Å². The molecule has 5 rings (SSSR count). The van der Waals surface area contributed by atoms with Crippen LogP contribution in [0.5, 0.6) is 0 Å². The second-order valence-corrected chi connectivity index (χ2v) is 9.36. The number of fused-ring (bicyclic) bond motifs is 3. The number of anilines is 1. The van der Waals surface area contributed by atoms with Crippen LogP contribution in [0.15, 0.2) is 24.5 Å². The number of carbonyl (C=O) groups is 1. The van der Waals surface area contributed by atoms with Crippen LogP contribution in [0.3, 0.4) is 0 Å². The van der Waals surface area contributed by atoms with Gasteiger partial charge in [-0.1, -0.05) is 18.5 Å². The summed E-state index contributed by atoms with van der Waals surface area (Å²) >= 11 is 6.08. The lowest BCUT2D eigenvalue weighted by molar-refractivity contribution is 0.175. The van der Waals surface area contributed by atoms with E-state index in [4.69, 9.17) is 21.3 Å². The van der Waals surface area contributed by atoms with E-state index in [0.29, 0.717) is 17.6 Å². The molecule has 0 radical (unpaired) electrons. The number of hydrogen-bond donors (Lipinski definition) is 1. The van der Waals surface area contributed by atoms with Gasteiger partial charge in [0, 0.05) is 36.3 Å². The molecule has 3 atom stereocenters. The normalized spacial score (nSPS) is 21.7. The second-order valence-electron chi connectivity index (χ2n) is 8.93. The fraction of sp³-hybridized carbons (Fsp3) is 0.522. The van der Waals surface area contributed by atoms with Crippen LogP contribution in [-0.2, 0) is 17.7 Å². The van der Waals surface area contributed by atoms with Crippen molar-refractivity contribution in [3.05, 3.63) is 40.9 Å². The Kier molecular flexibility index (Phi) is 5.59. The number of ether oxygens (including phenoxy) is 1. The molecule has 2 aliphatic rings. The summed E-state index contributed by atoms with van der Waals surface area (Å²) in [6, 6.07) is 4.63. The Hall–Kier alpha value is -2.58. The maximum absolute atomic E-state index is 12.5. The molecule has 2 aliphatic heterocycles. The molecule has 0 unspecified atom stereocenters. The first kappa shape index (κ1) is 21.3. The average Bonchev–Trinajstić information content (AvgIpc) is 3.52. The highest BCUT2D eigenvalue weighted by Gasteiger charge is 2.33. The summed E-state index contributed by atoms with van der Waals surface area (Å²) in [5, 5.41) is 8.48. The summed E-state index contributed by atoms with van der Waals surface area (Å²) in [5.74, 6) is 1.20. The number of amides is 1. The van der Waals surface area contributed by atoms with E-state index < -0.39 is 0 Å². The van der Waals surface area contributed by atoms with Gasteiger partial charge in [0.1, 0.15) is 5.82 Å². The van der Waals surface area contributed by atoms with Gasteiger partial charge in [-0.15, -0.1) is 0 Å². The molecular formula is C23H29ClN6O2. The first-order chi connectivity index (χ1) is 15.5. The summed E-state index contributed by atoms with van der Waals surface area (Å²) in [6.45, 7) is 6.89. The first-order valence-electron chi connectivity index (χ1n) is 11.3. The minimum atomic E-state index is -0.318. The van der Waals surface area contributed by atoms with Crippen molar-refractivity contribution in [3.63, 3.8) is 0 Å². The number of aromatic nitrogens is 4. The molecule has 3 aromatic rings. The van der Waals surface area contributed by atoms with Gasteiger partial charge in [0.15, 0.2) is 0 Å². The number of benzene rings is 1. The van der Waals surface area contributed by atoms with Gasteiger partial charge in [0.2, 0.25) is 0 Å². The number of aryl methyl sites for hydroxylation is 1. The summed E-state index contributed by atoms with van der Waals surface area (Å²) in [4.78, 5) is 19.5. The van der Waals surface area contributed by atoms with Gasteiger partial charge in [-0.05, 0) is 44.9 Å². The van der Waals surface area contributed by atoms with Crippen molar-refractivity contribution in [1.82, 2.24) is 24.6 Å². The topological polar surface area (TPSA) is 77.2 Å². The molecule has 32 heavy (non-hydrogen) atoms. The third-order valence-corrected chi connectivity index (χ3v) is 6.95. The monoisotopic (exact) mass is 456 g/mol. The van der Waals surface area contributed by atoms with Gasteiger partial charge in [-0.2, -0.15) is 5.10 Å². The molecule has 1 aromatic carbocycles. The van der Waals surface area contributed by atoms with Gasteiger partial charge in [0.05, 0.1) is 41.6 Å². The van der Waals surface area contributed by atoms with Gasteiger partial charge < -0.3 is 14.6 Å². The van der Waals surface area contributed by atoms with Crippen LogP contribution < -0.4 is 10.2 Å². The van der Waals surface area contributed by atoms with Crippen molar-refractivity contribution in [2.45, 2.75) is 57.7 Å².